The third kappa shape index (κ3) is 2.60. The predicted molar refractivity (Wildman–Crippen MR) is 61.6 cm³/mol. The first kappa shape index (κ1) is 11.6. The lowest BCUT2D eigenvalue weighted by Crippen LogP contribution is -2.17. The molecular weight excluding hydrogens is 205 g/mol. The minimum Gasteiger partial charge on any atom is -0.381 e. The highest BCUT2D eigenvalue weighted by Crippen LogP contribution is 2.26. The first-order valence-corrected chi connectivity index (χ1v) is 5.76. The van der Waals surface area contributed by atoms with Crippen molar-refractivity contribution in [1.82, 2.24) is 0 Å². The fourth-order valence-electron chi connectivity index (χ4n) is 2.20. The Balaban J connectivity index is 2.07. The summed E-state index contributed by atoms with van der Waals surface area (Å²) >= 11 is 0. The van der Waals surface area contributed by atoms with Crippen LogP contribution in [0.3, 0.4) is 0 Å². The van der Waals surface area contributed by atoms with E-state index in [1.54, 1.807) is 6.07 Å². The Kier molecular flexibility index (Phi) is 3.56. The van der Waals surface area contributed by atoms with Gasteiger partial charge in [-0.2, -0.15) is 0 Å². The van der Waals surface area contributed by atoms with E-state index < -0.39 is 0 Å². The maximum atomic E-state index is 13.6. The zero-order chi connectivity index (χ0) is 11.5. The van der Waals surface area contributed by atoms with Crippen LogP contribution in [0.4, 0.5) is 4.39 Å². The molecule has 2 nitrogen and oxygen atoms in total. The van der Waals surface area contributed by atoms with Gasteiger partial charge in [-0.15, -0.1) is 0 Å². The average molecular weight is 223 g/mol. The van der Waals surface area contributed by atoms with Gasteiger partial charge in [0.1, 0.15) is 5.82 Å². The Morgan fingerprint density at radius 3 is 3.06 bits per heavy atom. The SMILES string of the molecule is Cc1ccc(F)c(C(N)CC2CCOC2)c1. The number of aryl methyl sites for hydroxylation is 1. The third-order valence-electron chi connectivity index (χ3n) is 3.16. The second kappa shape index (κ2) is 4.93. The maximum Gasteiger partial charge on any atom is 0.127 e. The van der Waals surface area contributed by atoms with Gasteiger partial charge in [0.05, 0.1) is 0 Å². The van der Waals surface area contributed by atoms with Crippen molar-refractivity contribution in [2.24, 2.45) is 11.7 Å². The maximum absolute atomic E-state index is 13.6. The van der Waals surface area contributed by atoms with Crippen molar-refractivity contribution < 1.29 is 9.13 Å². The van der Waals surface area contributed by atoms with Crippen molar-refractivity contribution in [2.75, 3.05) is 13.2 Å². The number of ether oxygens (including phenoxy) is 1. The number of nitrogens with two attached hydrogens (primary N) is 1. The molecule has 3 heteroatoms. The van der Waals surface area contributed by atoms with Gasteiger partial charge < -0.3 is 10.5 Å². The van der Waals surface area contributed by atoms with Crippen LogP contribution >= 0.6 is 0 Å². The molecule has 1 heterocycles. The third-order valence-corrected chi connectivity index (χ3v) is 3.16. The van der Waals surface area contributed by atoms with Gasteiger partial charge in [0, 0.05) is 24.8 Å². The lowest BCUT2D eigenvalue weighted by atomic mass is 9.94. The molecule has 0 aliphatic carbocycles. The van der Waals surface area contributed by atoms with E-state index in [0.29, 0.717) is 11.5 Å². The molecule has 88 valence electrons. The molecule has 0 spiro atoms. The number of benzene rings is 1. The summed E-state index contributed by atoms with van der Waals surface area (Å²) in [5.74, 6) is 0.284. The van der Waals surface area contributed by atoms with E-state index in [1.807, 2.05) is 13.0 Å². The summed E-state index contributed by atoms with van der Waals surface area (Å²) in [5, 5.41) is 0. The van der Waals surface area contributed by atoms with Crippen LogP contribution in [-0.4, -0.2) is 13.2 Å². The fourth-order valence-corrected chi connectivity index (χ4v) is 2.20. The Bertz CT molecular complexity index is 361. The second-order valence-corrected chi connectivity index (χ2v) is 4.60. The first-order chi connectivity index (χ1) is 7.66. The molecule has 0 radical (unpaired) electrons. The number of hydrogen-bond acceptors (Lipinski definition) is 2. The molecule has 0 aromatic heterocycles. The Morgan fingerprint density at radius 2 is 2.38 bits per heavy atom. The van der Waals surface area contributed by atoms with Gasteiger partial charge >= 0.3 is 0 Å². The van der Waals surface area contributed by atoms with E-state index in [9.17, 15) is 4.39 Å². The Morgan fingerprint density at radius 1 is 1.56 bits per heavy atom. The van der Waals surface area contributed by atoms with Gasteiger partial charge in [0.2, 0.25) is 0 Å². The molecule has 1 aliphatic rings. The van der Waals surface area contributed by atoms with Crippen LogP contribution in [-0.2, 0) is 4.74 Å². The van der Waals surface area contributed by atoms with Crippen LogP contribution in [0.5, 0.6) is 0 Å². The summed E-state index contributed by atoms with van der Waals surface area (Å²) in [5.41, 5.74) is 7.73. The summed E-state index contributed by atoms with van der Waals surface area (Å²) in [6.07, 6.45) is 1.85. The van der Waals surface area contributed by atoms with E-state index in [4.69, 9.17) is 10.5 Å². The van der Waals surface area contributed by atoms with Crippen molar-refractivity contribution in [3.8, 4) is 0 Å². The van der Waals surface area contributed by atoms with Gasteiger partial charge in [-0.1, -0.05) is 17.7 Å². The molecule has 1 aromatic rings. The summed E-state index contributed by atoms with van der Waals surface area (Å²) < 4.78 is 18.9. The van der Waals surface area contributed by atoms with E-state index >= 15 is 0 Å². The average Bonchev–Trinajstić information content (AvgIpc) is 2.74. The van der Waals surface area contributed by atoms with Crippen LogP contribution < -0.4 is 5.73 Å². The molecule has 0 saturated carbocycles. The zero-order valence-electron chi connectivity index (χ0n) is 9.58. The topological polar surface area (TPSA) is 35.2 Å². The zero-order valence-corrected chi connectivity index (χ0v) is 9.58. The quantitative estimate of drug-likeness (QED) is 0.854. The summed E-state index contributed by atoms with van der Waals surface area (Å²) in [6.45, 7) is 3.53. The monoisotopic (exact) mass is 223 g/mol. The molecule has 0 amide bonds. The number of hydrogen-bond donors (Lipinski definition) is 1. The molecule has 1 saturated heterocycles. The molecule has 1 aromatic carbocycles. The van der Waals surface area contributed by atoms with Crippen molar-refractivity contribution >= 4 is 0 Å². The summed E-state index contributed by atoms with van der Waals surface area (Å²) in [7, 11) is 0. The van der Waals surface area contributed by atoms with Crippen LogP contribution in [0, 0.1) is 18.7 Å². The second-order valence-electron chi connectivity index (χ2n) is 4.60. The van der Waals surface area contributed by atoms with Gasteiger partial charge in [-0.3, -0.25) is 0 Å². The van der Waals surface area contributed by atoms with E-state index in [-0.39, 0.29) is 11.9 Å². The van der Waals surface area contributed by atoms with Crippen LogP contribution in [0.2, 0.25) is 0 Å². The van der Waals surface area contributed by atoms with Gasteiger partial charge in [-0.25, -0.2) is 4.39 Å². The van der Waals surface area contributed by atoms with Crippen molar-refractivity contribution in [3.63, 3.8) is 0 Å². The molecule has 1 fully saturated rings. The lowest BCUT2D eigenvalue weighted by molar-refractivity contribution is 0.182. The normalized spacial score (nSPS) is 22.3. The highest BCUT2D eigenvalue weighted by atomic mass is 19.1. The van der Waals surface area contributed by atoms with Crippen molar-refractivity contribution in [1.29, 1.82) is 0 Å². The fraction of sp³-hybridized carbons (Fsp3) is 0.538. The Labute approximate surface area is 95.6 Å². The standard InChI is InChI=1S/C13H18FNO/c1-9-2-3-12(14)11(6-9)13(15)7-10-4-5-16-8-10/h2-3,6,10,13H,4-5,7-8,15H2,1H3. The van der Waals surface area contributed by atoms with Crippen LogP contribution in [0.25, 0.3) is 0 Å². The summed E-state index contributed by atoms with van der Waals surface area (Å²) in [4.78, 5) is 0. The number of halogens is 1. The predicted octanol–water partition coefficient (Wildman–Crippen LogP) is 2.56. The molecular formula is C13H18FNO. The van der Waals surface area contributed by atoms with Gasteiger partial charge in [0.25, 0.3) is 0 Å². The molecule has 2 N–H and O–H groups in total. The number of rotatable bonds is 3. The van der Waals surface area contributed by atoms with E-state index in [2.05, 4.69) is 0 Å². The molecule has 2 unspecified atom stereocenters. The molecule has 16 heavy (non-hydrogen) atoms. The van der Waals surface area contributed by atoms with Crippen molar-refractivity contribution in [3.05, 3.63) is 35.1 Å². The highest BCUT2D eigenvalue weighted by Gasteiger charge is 2.21. The Hall–Kier alpha value is -0.930. The van der Waals surface area contributed by atoms with E-state index in [1.165, 1.54) is 6.07 Å². The molecule has 2 atom stereocenters. The van der Waals surface area contributed by atoms with Crippen LogP contribution in [0.1, 0.15) is 30.0 Å². The molecule has 0 bridgehead atoms. The minimum atomic E-state index is -0.216. The van der Waals surface area contributed by atoms with E-state index in [0.717, 1.165) is 31.6 Å². The molecule has 1 aliphatic heterocycles. The largest absolute Gasteiger partial charge is 0.381 e. The molecule has 2 rings (SSSR count). The van der Waals surface area contributed by atoms with Crippen molar-refractivity contribution in [2.45, 2.75) is 25.8 Å². The van der Waals surface area contributed by atoms with Crippen LogP contribution in [0.15, 0.2) is 18.2 Å². The summed E-state index contributed by atoms with van der Waals surface area (Å²) in [6, 6.07) is 4.89. The minimum absolute atomic E-state index is 0.197. The van der Waals surface area contributed by atoms with Gasteiger partial charge in [0.15, 0.2) is 0 Å². The lowest BCUT2D eigenvalue weighted by Gasteiger charge is -2.16. The van der Waals surface area contributed by atoms with Gasteiger partial charge in [-0.05, 0) is 31.7 Å². The first-order valence-electron chi connectivity index (χ1n) is 5.76. The highest BCUT2D eigenvalue weighted by molar-refractivity contribution is 5.26. The smallest absolute Gasteiger partial charge is 0.127 e.